The first-order valence-corrected chi connectivity index (χ1v) is 11.1. The summed E-state index contributed by atoms with van der Waals surface area (Å²) in [5.74, 6) is 0.590. The van der Waals surface area contributed by atoms with Gasteiger partial charge in [-0.3, -0.25) is 10.1 Å². The van der Waals surface area contributed by atoms with Gasteiger partial charge >= 0.3 is 0 Å². The molecule has 0 bridgehead atoms. The number of thiazole rings is 1. The molecule has 1 aromatic heterocycles. The van der Waals surface area contributed by atoms with E-state index in [1.54, 1.807) is 12.1 Å². The summed E-state index contributed by atoms with van der Waals surface area (Å²) in [6, 6.07) is 22.4. The van der Waals surface area contributed by atoms with E-state index in [9.17, 15) is 4.79 Å². The maximum Gasteiger partial charge on any atom is 0.257 e. The van der Waals surface area contributed by atoms with Crippen molar-refractivity contribution in [2.75, 3.05) is 5.32 Å². The topological polar surface area (TPSA) is 51.2 Å². The molecule has 0 fully saturated rings. The van der Waals surface area contributed by atoms with Crippen molar-refractivity contribution in [2.24, 2.45) is 0 Å². The molecule has 30 heavy (non-hydrogen) atoms. The number of rotatable bonds is 6. The molecule has 1 amide bonds. The van der Waals surface area contributed by atoms with Crippen molar-refractivity contribution >= 4 is 49.9 Å². The van der Waals surface area contributed by atoms with Gasteiger partial charge < -0.3 is 4.74 Å². The van der Waals surface area contributed by atoms with Gasteiger partial charge in [-0.2, -0.15) is 0 Å². The summed E-state index contributed by atoms with van der Waals surface area (Å²) in [5.41, 5.74) is 3.29. The molecule has 0 aliphatic rings. The largest absolute Gasteiger partial charge is 0.489 e. The van der Waals surface area contributed by atoms with Gasteiger partial charge in [-0.15, -0.1) is 11.3 Å². The first kappa shape index (κ1) is 20.6. The summed E-state index contributed by atoms with van der Waals surface area (Å²) in [5, 5.41) is 5.98. The Morgan fingerprint density at radius 1 is 1.00 bits per heavy atom. The molecule has 3 aromatic carbocycles. The van der Waals surface area contributed by atoms with Crippen molar-refractivity contribution in [3.63, 3.8) is 0 Å². The predicted molar refractivity (Wildman–Crippen MR) is 125 cm³/mol. The quantitative estimate of drug-likeness (QED) is 0.309. The number of nitrogens with zero attached hydrogens (tertiary/aromatic N) is 1. The maximum absolute atomic E-state index is 12.5. The van der Waals surface area contributed by atoms with Crippen LogP contribution in [0, 0.1) is 0 Å². The van der Waals surface area contributed by atoms with Gasteiger partial charge in [0.1, 0.15) is 12.4 Å². The fraction of sp³-hybridized carbons (Fsp3) is 0.0435. The fourth-order valence-corrected chi connectivity index (χ4v) is 3.81. The molecular formula is C23H16BrClN2O2S. The molecule has 0 saturated heterocycles. The number of aromatic nitrogens is 1. The van der Waals surface area contributed by atoms with Gasteiger partial charge in [0.2, 0.25) is 0 Å². The second-order valence-corrected chi connectivity index (χ2v) is 8.65. The van der Waals surface area contributed by atoms with E-state index in [1.165, 1.54) is 11.3 Å². The third-order valence-electron chi connectivity index (χ3n) is 4.30. The first-order chi connectivity index (χ1) is 14.6. The number of anilines is 1. The summed E-state index contributed by atoms with van der Waals surface area (Å²) in [6.45, 7) is 0.431. The lowest BCUT2D eigenvalue weighted by Gasteiger charge is -2.07. The summed E-state index contributed by atoms with van der Waals surface area (Å²) >= 11 is 10.7. The Morgan fingerprint density at radius 2 is 1.70 bits per heavy atom. The van der Waals surface area contributed by atoms with E-state index in [2.05, 4.69) is 26.2 Å². The number of ether oxygens (including phenoxy) is 1. The van der Waals surface area contributed by atoms with E-state index in [0.29, 0.717) is 22.3 Å². The van der Waals surface area contributed by atoms with Gasteiger partial charge in [0.25, 0.3) is 5.91 Å². The smallest absolute Gasteiger partial charge is 0.257 e. The molecule has 0 aliphatic heterocycles. The van der Waals surface area contributed by atoms with Crippen LogP contribution in [0.15, 0.2) is 82.6 Å². The van der Waals surface area contributed by atoms with Crippen molar-refractivity contribution in [3.8, 4) is 17.0 Å². The van der Waals surface area contributed by atoms with Crippen LogP contribution in [-0.2, 0) is 6.61 Å². The van der Waals surface area contributed by atoms with E-state index < -0.39 is 0 Å². The number of benzene rings is 3. The Balaban J connectivity index is 1.35. The molecule has 150 valence electrons. The van der Waals surface area contributed by atoms with Crippen LogP contribution in [0.25, 0.3) is 11.3 Å². The highest BCUT2D eigenvalue weighted by atomic mass is 79.9. The highest BCUT2D eigenvalue weighted by Crippen LogP contribution is 2.26. The van der Waals surface area contributed by atoms with E-state index in [-0.39, 0.29) is 5.91 Å². The standard InChI is InChI=1S/C23H16BrClN2O2S/c24-18-7-11-20(12-8-18)29-13-15-1-3-17(4-2-15)22(28)27-23-26-21(14-30-23)16-5-9-19(25)10-6-16/h1-12,14H,13H2,(H,26,27,28). The third-order valence-corrected chi connectivity index (χ3v) is 5.84. The SMILES string of the molecule is O=C(Nc1nc(-c2ccc(Cl)cc2)cs1)c1ccc(COc2ccc(Br)cc2)cc1. The number of carbonyl (C=O) groups is 1. The zero-order chi connectivity index (χ0) is 20.9. The maximum atomic E-state index is 12.5. The minimum absolute atomic E-state index is 0.201. The van der Waals surface area contributed by atoms with Crippen molar-refractivity contribution in [2.45, 2.75) is 6.61 Å². The second kappa shape index (κ2) is 9.43. The van der Waals surface area contributed by atoms with E-state index >= 15 is 0 Å². The summed E-state index contributed by atoms with van der Waals surface area (Å²) in [4.78, 5) is 17.0. The van der Waals surface area contributed by atoms with Gasteiger partial charge in [-0.05, 0) is 54.1 Å². The van der Waals surface area contributed by atoms with Crippen molar-refractivity contribution < 1.29 is 9.53 Å². The monoisotopic (exact) mass is 498 g/mol. The van der Waals surface area contributed by atoms with Crippen LogP contribution in [0.3, 0.4) is 0 Å². The minimum atomic E-state index is -0.201. The van der Waals surface area contributed by atoms with Gasteiger partial charge in [0, 0.05) is 26.0 Å². The summed E-state index contributed by atoms with van der Waals surface area (Å²) in [6.07, 6.45) is 0. The number of halogens is 2. The molecule has 0 spiro atoms. The molecular weight excluding hydrogens is 484 g/mol. The Hall–Kier alpha value is -2.67. The van der Waals surface area contributed by atoms with Crippen LogP contribution >= 0.6 is 38.9 Å². The Bertz CT molecular complexity index is 1140. The molecule has 4 aromatic rings. The molecule has 7 heteroatoms. The molecule has 1 heterocycles. The lowest BCUT2D eigenvalue weighted by molar-refractivity contribution is 0.102. The number of nitrogens with one attached hydrogen (secondary N) is 1. The van der Waals surface area contributed by atoms with Gasteiger partial charge in [0.15, 0.2) is 5.13 Å². The van der Waals surface area contributed by atoms with Crippen LogP contribution < -0.4 is 10.1 Å². The molecule has 4 nitrogen and oxygen atoms in total. The van der Waals surface area contributed by atoms with E-state index in [4.69, 9.17) is 16.3 Å². The lowest BCUT2D eigenvalue weighted by Crippen LogP contribution is -2.11. The molecule has 0 radical (unpaired) electrons. The van der Waals surface area contributed by atoms with Crippen LogP contribution in [0.4, 0.5) is 5.13 Å². The number of amides is 1. The molecule has 0 saturated carbocycles. The molecule has 0 atom stereocenters. The average Bonchev–Trinajstić information content (AvgIpc) is 3.22. The summed E-state index contributed by atoms with van der Waals surface area (Å²) in [7, 11) is 0. The zero-order valence-corrected chi connectivity index (χ0v) is 18.8. The average molecular weight is 500 g/mol. The normalized spacial score (nSPS) is 10.6. The van der Waals surface area contributed by atoms with Crippen LogP contribution in [0.1, 0.15) is 15.9 Å². The van der Waals surface area contributed by atoms with Crippen molar-refractivity contribution in [3.05, 3.63) is 98.8 Å². The van der Waals surface area contributed by atoms with Gasteiger partial charge in [-0.1, -0.05) is 51.8 Å². The van der Waals surface area contributed by atoms with Gasteiger partial charge in [-0.25, -0.2) is 4.98 Å². The molecule has 0 aliphatic carbocycles. The molecule has 0 unspecified atom stereocenters. The predicted octanol–water partition coefficient (Wildman–Crippen LogP) is 7.06. The summed E-state index contributed by atoms with van der Waals surface area (Å²) < 4.78 is 6.76. The lowest BCUT2D eigenvalue weighted by atomic mass is 10.1. The van der Waals surface area contributed by atoms with E-state index in [1.807, 2.05) is 66.0 Å². The molecule has 4 rings (SSSR count). The van der Waals surface area contributed by atoms with E-state index in [0.717, 1.165) is 27.0 Å². The highest BCUT2D eigenvalue weighted by molar-refractivity contribution is 9.10. The van der Waals surface area contributed by atoms with Crippen molar-refractivity contribution in [1.29, 1.82) is 0 Å². The number of hydrogen-bond donors (Lipinski definition) is 1. The Kier molecular flexibility index (Phi) is 6.47. The highest BCUT2D eigenvalue weighted by Gasteiger charge is 2.10. The van der Waals surface area contributed by atoms with Crippen LogP contribution in [-0.4, -0.2) is 10.9 Å². The third kappa shape index (κ3) is 5.27. The Morgan fingerprint density at radius 3 is 2.40 bits per heavy atom. The first-order valence-electron chi connectivity index (χ1n) is 9.07. The molecule has 1 N–H and O–H groups in total. The zero-order valence-electron chi connectivity index (χ0n) is 15.6. The second-order valence-electron chi connectivity index (χ2n) is 6.44. The number of carbonyl (C=O) groups excluding carboxylic acids is 1. The number of hydrogen-bond acceptors (Lipinski definition) is 4. The fourth-order valence-electron chi connectivity index (χ4n) is 2.70. The van der Waals surface area contributed by atoms with Crippen LogP contribution in [0.5, 0.6) is 5.75 Å². The van der Waals surface area contributed by atoms with Gasteiger partial charge in [0.05, 0.1) is 5.69 Å². The minimum Gasteiger partial charge on any atom is -0.489 e. The van der Waals surface area contributed by atoms with Crippen LogP contribution in [0.2, 0.25) is 5.02 Å². The Labute approximate surface area is 191 Å². The van der Waals surface area contributed by atoms with Crippen molar-refractivity contribution in [1.82, 2.24) is 4.98 Å².